The highest BCUT2D eigenvalue weighted by molar-refractivity contribution is 7.09. The summed E-state index contributed by atoms with van der Waals surface area (Å²) in [6.07, 6.45) is 3.83. The minimum absolute atomic E-state index is 0.783. The van der Waals surface area contributed by atoms with E-state index in [2.05, 4.69) is 32.5 Å². The summed E-state index contributed by atoms with van der Waals surface area (Å²) in [5.41, 5.74) is 1.07. The monoisotopic (exact) mass is 291 g/mol. The lowest BCUT2D eigenvalue weighted by Crippen LogP contribution is -2.12. The molecule has 0 aliphatic heterocycles. The molecule has 2 rings (SSSR count). The third kappa shape index (κ3) is 3.90. The lowest BCUT2D eigenvalue weighted by molar-refractivity contribution is 0.934. The van der Waals surface area contributed by atoms with Gasteiger partial charge in [-0.15, -0.1) is 11.3 Å². The van der Waals surface area contributed by atoms with Crippen LogP contribution in [-0.2, 0) is 6.42 Å². The lowest BCUT2D eigenvalue weighted by atomic mass is 10.3. The van der Waals surface area contributed by atoms with Gasteiger partial charge in [-0.3, -0.25) is 0 Å². The number of aryl methyl sites for hydroxylation is 1. The average Bonchev–Trinajstić information content (AvgIpc) is 2.94. The van der Waals surface area contributed by atoms with Crippen LogP contribution in [0.1, 0.15) is 29.7 Å². The predicted molar refractivity (Wildman–Crippen MR) is 84.6 cm³/mol. The van der Waals surface area contributed by atoms with E-state index in [0.29, 0.717) is 0 Å². The smallest absolute Gasteiger partial charge is 0.134 e. The van der Waals surface area contributed by atoms with E-state index in [9.17, 15) is 0 Å². The van der Waals surface area contributed by atoms with Gasteiger partial charge in [0.1, 0.15) is 17.5 Å². The first-order valence-corrected chi connectivity index (χ1v) is 7.80. The van der Waals surface area contributed by atoms with Crippen LogP contribution in [0.25, 0.3) is 0 Å². The molecule has 5 nitrogen and oxygen atoms in total. The van der Waals surface area contributed by atoms with Crippen molar-refractivity contribution in [2.24, 2.45) is 0 Å². The van der Waals surface area contributed by atoms with Crippen molar-refractivity contribution in [2.45, 2.75) is 33.6 Å². The van der Waals surface area contributed by atoms with E-state index in [0.717, 1.165) is 54.0 Å². The van der Waals surface area contributed by atoms with Crippen molar-refractivity contribution in [1.29, 1.82) is 0 Å². The number of nitrogens with zero attached hydrogens (tertiary/aromatic N) is 3. The van der Waals surface area contributed by atoms with Crippen molar-refractivity contribution in [3.63, 3.8) is 0 Å². The maximum Gasteiger partial charge on any atom is 0.134 e. The topological polar surface area (TPSA) is 62.7 Å². The summed E-state index contributed by atoms with van der Waals surface area (Å²) in [6, 6.07) is 0. The maximum atomic E-state index is 4.48. The fraction of sp³-hybridized carbons (Fsp3) is 0.500. The van der Waals surface area contributed by atoms with Gasteiger partial charge in [-0.05, 0) is 20.3 Å². The van der Waals surface area contributed by atoms with Crippen LogP contribution in [0.3, 0.4) is 0 Å². The third-order valence-corrected chi connectivity index (χ3v) is 3.75. The summed E-state index contributed by atoms with van der Waals surface area (Å²) in [6.45, 7) is 7.86. The zero-order valence-corrected chi connectivity index (χ0v) is 13.0. The molecule has 0 aromatic carbocycles. The third-order valence-electron chi connectivity index (χ3n) is 2.91. The van der Waals surface area contributed by atoms with Gasteiger partial charge >= 0.3 is 0 Å². The highest BCUT2D eigenvalue weighted by atomic mass is 32.1. The molecule has 0 unspecified atom stereocenters. The van der Waals surface area contributed by atoms with Crippen molar-refractivity contribution >= 4 is 23.0 Å². The van der Waals surface area contributed by atoms with Gasteiger partial charge in [0.05, 0.1) is 5.01 Å². The molecule has 0 amide bonds. The first-order valence-electron chi connectivity index (χ1n) is 6.92. The SMILES string of the molecule is CCCNc1nc(C)nc(NCCc2nccs2)c1C. The van der Waals surface area contributed by atoms with E-state index in [-0.39, 0.29) is 0 Å². The molecular formula is C14H21N5S. The molecule has 2 aromatic heterocycles. The molecule has 108 valence electrons. The number of hydrogen-bond donors (Lipinski definition) is 2. The maximum absolute atomic E-state index is 4.48. The molecule has 0 radical (unpaired) electrons. The summed E-state index contributed by atoms with van der Waals surface area (Å²) in [5.74, 6) is 2.62. The van der Waals surface area contributed by atoms with Crippen LogP contribution >= 0.6 is 11.3 Å². The standard InChI is InChI=1S/C14H21N5S/c1-4-6-16-13-10(2)14(19-11(3)18-13)17-7-5-12-15-8-9-20-12/h8-9H,4-7H2,1-3H3,(H2,16,17,18,19). The van der Waals surface area contributed by atoms with E-state index in [1.54, 1.807) is 11.3 Å². The van der Waals surface area contributed by atoms with Gasteiger partial charge in [0, 0.05) is 36.7 Å². The minimum atomic E-state index is 0.783. The summed E-state index contributed by atoms with van der Waals surface area (Å²) >= 11 is 1.68. The Hall–Kier alpha value is -1.69. The van der Waals surface area contributed by atoms with Crippen molar-refractivity contribution in [2.75, 3.05) is 23.7 Å². The van der Waals surface area contributed by atoms with Gasteiger partial charge in [-0.25, -0.2) is 15.0 Å². The molecule has 20 heavy (non-hydrogen) atoms. The molecule has 0 aliphatic rings. The van der Waals surface area contributed by atoms with Gasteiger partial charge < -0.3 is 10.6 Å². The minimum Gasteiger partial charge on any atom is -0.370 e. The van der Waals surface area contributed by atoms with Gasteiger partial charge in [0.25, 0.3) is 0 Å². The second kappa shape index (κ2) is 7.19. The molecule has 2 N–H and O–H groups in total. The van der Waals surface area contributed by atoms with Crippen LogP contribution < -0.4 is 10.6 Å². The van der Waals surface area contributed by atoms with Gasteiger partial charge in [0.15, 0.2) is 0 Å². The highest BCUT2D eigenvalue weighted by Gasteiger charge is 2.08. The summed E-state index contributed by atoms with van der Waals surface area (Å²) in [5, 5.41) is 9.88. The average molecular weight is 291 g/mol. The lowest BCUT2D eigenvalue weighted by Gasteiger charge is -2.13. The zero-order valence-electron chi connectivity index (χ0n) is 12.2. The Morgan fingerprint density at radius 1 is 1.10 bits per heavy atom. The Balaban J connectivity index is 2.01. The van der Waals surface area contributed by atoms with E-state index >= 15 is 0 Å². The van der Waals surface area contributed by atoms with Crippen molar-refractivity contribution < 1.29 is 0 Å². The molecule has 2 heterocycles. The van der Waals surface area contributed by atoms with Crippen molar-refractivity contribution in [1.82, 2.24) is 15.0 Å². The fourth-order valence-corrected chi connectivity index (χ4v) is 2.50. The van der Waals surface area contributed by atoms with Gasteiger partial charge in [-0.1, -0.05) is 6.92 Å². The number of rotatable bonds is 7. The Kier molecular flexibility index (Phi) is 5.29. The van der Waals surface area contributed by atoms with E-state index in [1.807, 2.05) is 25.4 Å². The van der Waals surface area contributed by atoms with Crippen LogP contribution in [0.4, 0.5) is 11.6 Å². The quantitative estimate of drug-likeness (QED) is 0.821. The van der Waals surface area contributed by atoms with Crippen LogP contribution in [0.5, 0.6) is 0 Å². The fourth-order valence-electron chi connectivity index (χ4n) is 1.88. The van der Waals surface area contributed by atoms with E-state index in [4.69, 9.17) is 0 Å². The van der Waals surface area contributed by atoms with E-state index < -0.39 is 0 Å². The molecule has 0 spiro atoms. The first-order chi connectivity index (χ1) is 9.70. The van der Waals surface area contributed by atoms with E-state index in [1.165, 1.54) is 0 Å². The zero-order chi connectivity index (χ0) is 14.4. The second-order valence-corrected chi connectivity index (χ2v) is 5.60. The van der Waals surface area contributed by atoms with Crippen LogP contribution in [0.2, 0.25) is 0 Å². The van der Waals surface area contributed by atoms with Crippen LogP contribution in [0, 0.1) is 13.8 Å². The molecule has 0 aliphatic carbocycles. The Morgan fingerprint density at radius 2 is 1.80 bits per heavy atom. The number of anilines is 2. The molecule has 2 aromatic rings. The Bertz CT molecular complexity index is 539. The normalized spacial score (nSPS) is 10.6. The van der Waals surface area contributed by atoms with Gasteiger partial charge in [0.2, 0.25) is 0 Å². The molecule has 0 atom stereocenters. The Labute approximate surface area is 123 Å². The summed E-state index contributed by atoms with van der Waals surface area (Å²) in [7, 11) is 0. The molecular weight excluding hydrogens is 270 g/mol. The molecule has 0 fully saturated rings. The number of thiazole rings is 1. The summed E-state index contributed by atoms with van der Waals surface area (Å²) < 4.78 is 0. The molecule has 0 saturated heterocycles. The second-order valence-electron chi connectivity index (χ2n) is 4.62. The number of nitrogens with one attached hydrogen (secondary N) is 2. The molecule has 0 bridgehead atoms. The van der Waals surface area contributed by atoms with Crippen LogP contribution in [-0.4, -0.2) is 28.0 Å². The van der Waals surface area contributed by atoms with Crippen LogP contribution in [0.15, 0.2) is 11.6 Å². The first kappa shape index (κ1) is 14.7. The predicted octanol–water partition coefficient (Wildman–Crippen LogP) is 3.03. The summed E-state index contributed by atoms with van der Waals surface area (Å²) in [4.78, 5) is 13.2. The largest absolute Gasteiger partial charge is 0.370 e. The Morgan fingerprint density at radius 3 is 2.40 bits per heavy atom. The van der Waals surface area contributed by atoms with Crippen molar-refractivity contribution in [3.05, 3.63) is 28.0 Å². The number of aromatic nitrogens is 3. The van der Waals surface area contributed by atoms with Gasteiger partial charge in [-0.2, -0.15) is 0 Å². The highest BCUT2D eigenvalue weighted by Crippen LogP contribution is 2.19. The molecule has 6 heteroatoms. The molecule has 0 saturated carbocycles. The number of hydrogen-bond acceptors (Lipinski definition) is 6. The van der Waals surface area contributed by atoms with Crippen molar-refractivity contribution in [3.8, 4) is 0 Å².